The first-order chi connectivity index (χ1) is 13.7. The Morgan fingerprint density at radius 1 is 1.07 bits per heavy atom. The van der Waals surface area contributed by atoms with E-state index in [2.05, 4.69) is 10.2 Å². The third-order valence-corrected chi connectivity index (χ3v) is 5.80. The lowest BCUT2D eigenvalue weighted by molar-refractivity contribution is -0.140. The van der Waals surface area contributed by atoms with Crippen LogP contribution < -0.4 is 9.47 Å². The van der Waals surface area contributed by atoms with E-state index in [0.717, 1.165) is 11.3 Å². The van der Waals surface area contributed by atoms with Crippen molar-refractivity contribution in [1.82, 2.24) is 14.8 Å². The average molecular weight is 395 g/mol. The van der Waals surface area contributed by atoms with Gasteiger partial charge in [-0.15, -0.1) is 10.2 Å². The largest absolute Gasteiger partial charge is 0.462 e. The maximum atomic E-state index is 12.1. The second-order valence-corrected chi connectivity index (χ2v) is 7.80. The van der Waals surface area contributed by atoms with E-state index in [4.69, 9.17) is 14.2 Å². The van der Waals surface area contributed by atoms with Crippen LogP contribution in [-0.4, -0.2) is 38.9 Å². The van der Waals surface area contributed by atoms with Crippen molar-refractivity contribution in [2.24, 2.45) is 0 Å². The monoisotopic (exact) mass is 395 g/mol. The molecule has 2 aliphatic rings. The van der Waals surface area contributed by atoms with Crippen LogP contribution in [0.25, 0.3) is 17.1 Å². The molecule has 142 valence electrons. The highest BCUT2D eigenvalue weighted by atomic mass is 32.2. The molecule has 0 bridgehead atoms. The van der Waals surface area contributed by atoms with Crippen LogP contribution in [0.5, 0.6) is 11.5 Å². The summed E-state index contributed by atoms with van der Waals surface area (Å²) in [6.45, 7) is 2.12. The molecule has 1 aromatic heterocycles. The van der Waals surface area contributed by atoms with Crippen molar-refractivity contribution >= 4 is 17.7 Å². The van der Waals surface area contributed by atoms with E-state index in [0.29, 0.717) is 28.9 Å². The first-order valence-electron chi connectivity index (χ1n) is 8.97. The second kappa shape index (κ2) is 6.87. The van der Waals surface area contributed by atoms with Crippen molar-refractivity contribution in [2.75, 3.05) is 6.79 Å². The number of carbonyl (C=O) groups excluding carboxylic acids is 1. The zero-order chi connectivity index (χ0) is 19.1. The van der Waals surface area contributed by atoms with E-state index in [9.17, 15) is 4.79 Å². The molecule has 5 rings (SSSR count). The second-order valence-electron chi connectivity index (χ2n) is 6.63. The summed E-state index contributed by atoms with van der Waals surface area (Å²) in [4.78, 5) is 12.1. The van der Waals surface area contributed by atoms with Gasteiger partial charge in [0.25, 0.3) is 0 Å². The lowest BCUT2D eigenvalue weighted by Crippen LogP contribution is -2.11. The molecule has 0 saturated carbocycles. The van der Waals surface area contributed by atoms with Crippen LogP contribution in [-0.2, 0) is 9.53 Å². The van der Waals surface area contributed by atoms with E-state index >= 15 is 0 Å². The van der Waals surface area contributed by atoms with Gasteiger partial charge in [0.05, 0.1) is 0 Å². The van der Waals surface area contributed by atoms with Crippen molar-refractivity contribution < 1.29 is 19.0 Å². The van der Waals surface area contributed by atoms with E-state index in [-0.39, 0.29) is 24.1 Å². The van der Waals surface area contributed by atoms with Crippen LogP contribution in [0.2, 0.25) is 0 Å². The molecule has 7 nitrogen and oxygen atoms in total. The summed E-state index contributed by atoms with van der Waals surface area (Å²) in [5.41, 5.74) is 1.77. The Morgan fingerprint density at radius 3 is 2.68 bits per heavy atom. The smallest absolute Gasteiger partial charge is 0.319 e. The summed E-state index contributed by atoms with van der Waals surface area (Å²) in [5.74, 6) is 1.87. The van der Waals surface area contributed by atoms with Crippen molar-refractivity contribution in [2.45, 2.75) is 29.9 Å². The third-order valence-electron chi connectivity index (χ3n) is 4.65. The average Bonchev–Trinajstić information content (AvgIpc) is 3.41. The SMILES string of the molecule is C[C@H]1C[C@H](Sc2nnc(-c3ccc4c(c3)OCO4)n2-c2ccccc2)C(=O)O1. The van der Waals surface area contributed by atoms with Crippen LogP contribution in [0, 0.1) is 0 Å². The Kier molecular flexibility index (Phi) is 4.20. The number of esters is 1. The zero-order valence-electron chi connectivity index (χ0n) is 15.1. The van der Waals surface area contributed by atoms with Gasteiger partial charge in [-0.05, 0) is 37.3 Å². The molecule has 8 heteroatoms. The molecule has 2 aromatic carbocycles. The number of ether oxygens (including phenoxy) is 3. The van der Waals surface area contributed by atoms with E-state index < -0.39 is 0 Å². The van der Waals surface area contributed by atoms with Gasteiger partial charge in [-0.25, -0.2) is 0 Å². The van der Waals surface area contributed by atoms with Crippen LogP contribution >= 0.6 is 11.8 Å². The van der Waals surface area contributed by atoms with Gasteiger partial charge in [0.2, 0.25) is 6.79 Å². The van der Waals surface area contributed by atoms with Crippen LogP contribution in [0.3, 0.4) is 0 Å². The van der Waals surface area contributed by atoms with Crippen molar-refractivity contribution in [3.8, 4) is 28.6 Å². The summed E-state index contributed by atoms with van der Waals surface area (Å²) in [7, 11) is 0. The third kappa shape index (κ3) is 2.99. The molecule has 2 atom stereocenters. The van der Waals surface area contributed by atoms with Crippen LogP contribution in [0.1, 0.15) is 13.3 Å². The van der Waals surface area contributed by atoms with Crippen LogP contribution in [0.15, 0.2) is 53.7 Å². The number of hydrogen-bond donors (Lipinski definition) is 0. The highest BCUT2D eigenvalue weighted by molar-refractivity contribution is 8.00. The fraction of sp³-hybridized carbons (Fsp3) is 0.250. The van der Waals surface area contributed by atoms with E-state index in [1.54, 1.807) is 0 Å². The van der Waals surface area contributed by atoms with Crippen molar-refractivity contribution in [3.05, 3.63) is 48.5 Å². The van der Waals surface area contributed by atoms with E-state index in [1.807, 2.05) is 60.0 Å². The molecule has 2 aliphatic heterocycles. The topological polar surface area (TPSA) is 75.5 Å². The molecule has 0 N–H and O–H groups in total. The molecule has 3 aromatic rings. The van der Waals surface area contributed by atoms with Crippen molar-refractivity contribution in [3.63, 3.8) is 0 Å². The Morgan fingerprint density at radius 2 is 1.89 bits per heavy atom. The van der Waals surface area contributed by atoms with Gasteiger partial charge in [0, 0.05) is 17.7 Å². The molecule has 28 heavy (non-hydrogen) atoms. The van der Waals surface area contributed by atoms with Gasteiger partial charge in [0.1, 0.15) is 11.4 Å². The molecule has 0 amide bonds. The predicted molar refractivity (Wildman–Crippen MR) is 103 cm³/mol. The number of para-hydroxylation sites is 1. The minimum Gasteiger partial charge on any atom is -0.462 e. The van der Waals surface area contributed by atoms with Gasteiger partial charge >= 0.3 is 5.97 Å². The number of benzene rings is 2. The summed E-state index contributed by atoms with van der Waals surface area (Å²) in [5, 5.41) is 9.16. The van der Waals surface area contributed by atoms with Gasteiger partial charge in [0.15, 0.2) is 22.5 Å². The maximum Gasteiger partial charge on any atom is 0.319 e. The molecule has 0 radical (unpaired) electrons. The Bertz CT molecular complexity index is 1040. The quantitative estimate of drug-likeness (QED) is 0.626. The Hall–Kier alpha value is -3.00. The molecular weight excluding hydrogens is 378 g/mol. The molecule has 0 unspecified atom stereocenters. The van der Waals surface area contributed by atoms with Crippen molar-refractivity contribution in [1.29, 1.82) is 0 Å². The molecule has 1 fully saturated rings. The first kappa shape index (κ1) is 17.1. The summed E-state index contributed by atoms with van der Waals surface area (Å²) < 4.78 is 18.1. The molecule has 0 aliphatic carbocycles. The molecule has 0 spiro atoms. The lowest BCUT2D eigenvalue weighted by Gasteiger charge is -2.11. The predicted octanol–water partition coefficient (Wildman–Crippen LogP) is 3.46. The Balaban J connectivity index is 1.58. The maximum absolute atomic E-state index is 12.1. The van der Waals surface area contributed by atoms with Crippen LogP contribution in [0.4, 0.5) is 0 Å². The lowest BCUT2D eigenvalue weighted by atomic mass is 10.2. The number of thioether (sulfide) groups is 1. The Labute approximate surface area is 165 Å². The number of aromatic nitrogens is 3. The fourth-order valence-electron chi connectivity index (χ4n) is 3.32. The van der Waals surface area contributed by atoms with Gasteiger partial charge < -0.3 is 14.2 Å². The molecule has 3 heterocycles. The van der Waals surface area contributed by atoms with Gasteiger partial charge in [-0.1, -0.05) is 30.0 Å². The number of hydrogen-bond acceptors (Lipinski definition) is 7. The summed E-state index contributed by atoms with van der Waals surface area (Å²) in [6.07, 6.45) is 0.580. The highest BCUT2D eigenvalue weighted by Gasteiger charge is 2.34. The molecule has 1 saturated heterocycles. The highest BCUT2D eigenvalue weighted by Crippen LogP contribution is 2.38. The van der Waals surface area contributed by atoms with Gasteiger partial charge in [-0.3, -0.25) is 9.36 Å². The standard InChI is InChI=1S/C20H17N3O4S/c1-12-9-17(19(24)27-12)28-20-22-21-18(23(20)14-5-3-2-4-6-14)13-7-8-15-16(10-13)26-11-25-15/h2-8,10,12,17H,9,11H2,1H3/t12-,17-/m0/s1. The van der Waals surface area contributed by atoms with Gasteiger partial charge in [-0.2, -0.15) is 0 Å². The molecular formula is C20H17N3O4S. The number of cyclic esters (lactones) is 1. The normalized spacial score (nSPS) is 20.4. The minimum absolute atomic E-state index is 0.0774. The number of nitrogens with zero attached hydrogens (tertiary/aromatic N) is 3. The number of fused-ring (bicyclic) bond motifs is 1. The van der Waals surface area contributed by atoms with E-state index in [1.165, 1.54) is 11.8 Å². The zero-order valence-corrected chi connectivity index (χ0v) is 15.9. The number of rotatable bonds is 4. The first-order valence-corrected chi connectivity index (χ1v) is 9.85. The summed E-state index contributed by atoms with van der Waals surface area (Å²) in [6, 6.07) is 15.5. The fourth-order valence-corrected chi connectivity index (χ4v) is 4.48. The number of carbonyl (C=O) groups is 1. The summed E-state index contributed by atoms with van der Waals surface area (Å²) >= 11 is 1.38. The minimum atomic E-state index is -0.286.